The summed E-state index contributed by atoms with van der Waals surface area (Å²) < 4.78 is 0. The highest BCUT2D eigenvalue weighted by Gasteiger charge is 2.47. The Hall–Kier alpha value is -0.570. The van der Waals surface area contributed by atoms with Crippen LogP contribution < -0.4 is 5.73 Å². The Labute approximate surface area is 116 Å². The zero-order valence-corrected chi connectivity index (χ0v) is 12.1. The van der Waals surface area contributed by atoms with Crippen molar-refractivity contribution in [1.29, 1.82) is 0 Å². The fourth-order valence-corrected chi connectivity index (χ4v) is 4.71. The van der Waals surface area contributed by atoms with Crippen molar-refractivity contribution in [1.82, 2.24) is 4.90 Å². The molecule has 1 spiro atoms. The van der Waals surface area contributed by atoms with Gasteiger partial charge in [0.15, 0.2) is 0 Å². The van der Waals surface area contributed by atoms with E-state index in [1.165, 1.54) is 51.4 Å². The second-order valence-electron chi connectivity index (χ2n) is 7.23. The molecule has 108 valence electrons. The lowest BCUT2D eigenvalue weighted by Crippen LogP contribution is -2.46. The van der Waals surface area contributed by atoms with Crippen molar-refractivity contribution in [3.05, 3.63) is 0 Å². The summed E-state index contributed by atoms with van der Waals surface area (Å²) in [6.45, 7) is 2.56. The molecule has 0 atom stereocenters. The van der Waals surface area contributed by atoms with Crippen LogP contribution in [0.4, 0.5) is 0 Å². The molecule has 0 radical (unpaired) electrons. The molecule has 3 nitrogen and oxygen atoms in total. The minimum Gasteiger partial charge on any atom is -0.342 e. The van der Waals surface area contributed by atoms with Gasteiger partial charge in [-0.25, -0.2) is 0 Å². The summed E-state index contributed by atoms with van der Waals surface area (Å²) in [4.78, 5) is 15.0. The van der Waals surface area contributed by atoms with Gasteiger partial charge >= 0.3 is 0 Å². The molecule has 0 aromatic rings. The Morgan fingerprint density at radius 2 is 1.58 bits per heavy atom. The smallest absolute Gasteiger partial charge is 0.230 e. The molecule has 3 rings (SSSR count). The van der Waals surface area contributed by atoms with Crippen molar-refractivity contribution >= 4 is 5.91 Å². The monoisotopic (exact) mass is 264 g/mol. The number of likely N-dealkylation sites (tertiary alicyclic amines) is 1. The molecule has 0 aromatic carbocycles. The highest BCUT2D eigenvalue weighted by molar-refractivity contribution is 5.83. The van der Waals surface area contributed by atoms with Crippen LogP contribution in [0.5, 0.6) is 0 Å². The summed E-state index contributed by atoms with van der Waals surface area (Å²) in [5.74, 6) is 0.384. The van der Waals surface area contributed by atoms with E-state index in [0.29, 0.717) is 17.9 Å². The van der Waals surface area contributed by atoms with E-state index in [-0.39, 0.29) is 5.41 Å². The van der Waals surface area contributed by atoms with Crippen molar-refractivity contribution in [2.24, 2.45) is 16.6 Å². The molecule has 1 aliphatic heterocycles. The Morgan fingerprint density at radius 1 is 0.947 bits per heavy atom. The molecule has 3 aliphatic rings. The van der Waals surface area contributed by atoms with Crippen LogP contribution in [-0.2, 0) is 4.79 Å². The van der Waals surface area contributed by atoms with Crippen LogP contribution >= 0.6 is 0 Å². The van der Waals surface area contributed by atoms with Gasteiger partial charge in [-0.15, -0.1) is 0 Å². The van der Waals surface area contributed by atoms with Crippen LogP contribution in [0.25, 0.3) is 0 Å². The Kier molecular flexibility index (Phi) is 3.59. The zero-order chi connectivity index (χ0) is 13.3. The molecule has 19 heavy (non-hydrogen) atoms. The predicted octanol–water partition coefficient (Wildman–Crippen LogP) is 2.69. The lowest BCUT2D eigenvalue weighted by Gasteiger charge is -2.35. The first-order chi connectivity index (χ1) is 9.20. The number of hydrogen-bond donors (Lipinski definition) is 1. The van der Waals surface area contributed by atoms with Gasteiger partial charge in [-0.2, -0.15) is 0 Å². The normalized spacial score (nSPS) is 29.0. The standard InChI is InChI=1S/C16H28N2O/c17-12-16(8-4-5-9-16)14(19)18-11-10-15(13-18)6-2-1-3-7-15/h1-13,17H2. The lowest BCUT2D eigenvalue weighted by molar-refractivity contribution is -0.140. The van der Waals surface area contributed by atoms with Crippen LogP contribution in [0.2, 0.25) is 0 Å². The first-order valence-corrected chi connectivity index (χ1v) is 8.19. The van der Waals surface area contributed by atoms with Crippen LogP contribution in [-0.4, -0.2) is 30.4 Å². The van der Waals surface area contributed by atoms with Crippen LogP contribution in [0.15, 0.2) is 0 Å². The fourth-order valence-electron chi connectivity index (χ4n) is 4.71. The molecule has 3 heteroatoms. The van der Waals surface area contributed by atoms with Gasteiger partial charge in [-0.1, -0.05) is 32.1 Å². The van der Waals surface area contributed by atoms with Crippen molar-refractivity contribution in [3.8, 4) is 0 Å². The lowest BCUT2D eigenvalue weighted by atomic mass is 9.73. The number of amides is 1. The summed E-state index contributed by atoms with van der Waals surface area (Å²) in [6, 6.07) is 0. The van der Waals surface area contributed by atoms with Crippen LogP contribution in [0, 0.1) is 10.8 Å². The van der Waals surface area contributed by atoms with E-state index in [2.05, 4.69) is 4.90 Å². The first kappa shape index (κ1) is 13.4. The average Bonchev–Trinajstić information content (AvgIpc) is 3.07. The van der Waals surface area contributed by atoms with E-state index in [9.17, 15) is 4.79 Å². The number of carbonyl (C=O) groups excluding carboxylic acids is 1. The van der Waals surface area contributed by atoms with Gasteiger partial charge < -0.3 is 10.6 Å². The summed E-state index contributed by atoms with van der Waals surface area (Å²) in [5, 5.41) is 0. The van der Waals surface area contributed by atoms with Crippen LogP contribution in [0.3, 0.4) is 0 Å². The van der Waals surface area contributed by atoms with E-state index in [1.54, 1.807) is 0 Å². The van der Waals surface area contributed by atoms with Crippen molar-refractivity contribution in [2.75, 3.05) is 19.6 Å². The molecule has 0 bridgehead atoms. The van der Waals surface area contributed by atoms with E-state index in [1.807, 2.05) is 0 Å². The molecule has 1 saturated heterocycles. The molecule has 2 N–H and O–H groups in total. The maximum atomic E-state index is 12.9. The maximum absolute atomic E-state index is 12.9. The summed E-state index contributed by atoms with van der Waals surface area (Å²) in [6.07, 6.45) is 12.4. The van der Waals surface area contributed by atoms with Crippen molar-refractivity contribution < 1.29 is 4.79 Å². The van der Waals surface area contributed by atoms with Gasteiger partial charge in [-0.05, 0) is 37.5 Å². The third kappa shape index (κ3) is 2.31. The highest BCUT2D eigenvalue weighted by Crippen LogP contribution is 2.46. The molecular weight excluding hydrogens is 236 g/mol. The number of nitrogens with zero attached hydrogens (tertiary/aromatic N) is 1. The SMILES string of the molecule is NCC1(C(=O)N2CCC3(CCCCC3)C2)CCCC1. The number of nitrogens with two attached hydrogens (primary N) is 1. The second kappa shape index (κ2) is 5.08. The first-order valence-electron chi connectivity index (χ1n) is 8.19. The van der Waals surface area contributed by atoms with Gasteiger partial charge in [-0.3, -0.25) is 4.79 Å². The summed E-state index contributed by atoms with van der Waals surface area (Å²) in [5.41, 5.74) is 6.24. The van der Waals surface area contributed by atoms with E-state index in [0.717, 1.165) is 25.9 Å². The van der Waals surface area contributed by atoms with Crippen LogP contribution in [0.1, 0.15) is 64.2 Å². The summed E-state index contributed by atoms with van der Waals surface area (Å²) >= 11 is 0. The quantitative estimate of drug-likeness (QED) is 0.833. The van der Waals surface area contributed by atoms with Gasteiger partial charge in [0.1, 0.15) is 0 Å². The van der Waals surface area contributed by atoms with E-state index >= 15 is 0 Å². The Morgan fingerprint density at radius 3 is 2.21 bits per heavy atom. The second-order valence-corrected chi connectivity index (χ2v) is 7.23. The van der Waals surface area contributed by atoms with E-state index < -0.39 is 0 Å². The minimum atomic E-state index is -0.194. The van der Waals surface area contributed by atoms with E-state index in [4.69, 9.17) is 5.73 Å². The van der Waals surface area contributed by atoms with Gasteiger partial charge in [0.2, 0.25) is 5.91 Å². The maximum Gasteiger partial charge on any atom is 0.230 e. The third-order valence-electron chi connectivity index (χ3n) is 6.04. The van der Waals surface area contributed by atoms with Gasteiger partial charge in [0.25, 0.3) is 0 Å². The predicted molar refractivity (Wildman–Crippen MR) is 76.7 cm³/mol. The van der Waals surface area contributed by atoms with Crippen molar-refractivity contribution in [2.45, 2.75) is 64.2 Å². The molecule has 0 aromatic heterocycles. The number of hydrogen-bond acceptors (Lipinski definition) is 2. The average molecular weight is 264 g/mol. The highest BCUT2D eigenvalue weighted by atomic mass is 16.2. The molecule has 2 saturated carbocycles. The minimum absolute atomic E-state index is 0.194. The Balaban J connectivity index is 1.68. The largest absolute Gasteiger partial charge is 0.342 e. The molecule has 0 unspecified atom stereocenters. The van der Waals surface area contributed by atoms with Gasteiger partial charge in [0, 0.05) is 19.6 Å². The molecule has 1 heterocycles. The third-order valence-corrected chi connectivity index (χ3v) is 6.04. The molecule has 2 aliphatic carbocycles. The number of rotatable bonds is 2. The molecule has 1 amide bonds. The van der Waals surface area contributed by atoms with Crippen molar-refractivity contribution in [3.63, 3.8) is 0 Å². The number of carbonyl (C=O) groups is 1. The van der Waals surface area contributed by atoms with Gasteiger partial charge in [0.05, 0.1) is 5.41 Å². The molecular formula is C16H28N2O. The zero-order valence-electron chi connectivity index (χ0n) is 12.1. The fraction of sp³-hybridized carbons (Fsp3) is 0.938. The molecule has 3 fully saturated rings. The Bertz CT molecular complexity index is 341. The topological polar surface area (TPSA) is 46.3 Å². The summed E-state index contributed by atoms with van der Waals surface area (Å²) in [7, 11) is 0.